The average molecular weight is 336 g/mol. The molecule has 0 aliphatic carbocycles. The molecule has 1 aromatic carbocycles. The summed E-state index contributed by atoms with van der Waals surface area (Å²) in [6, 6.07) is 5.64. The zero-order chi connectivity index (χ0) is 16.6. The number of oxazole rings is 1. The Balaban J connectivity index is 1.72. The molecule has 1 saturated heterocycles. The minimum absolute atomic E-state index is 0.0269. The number of fused-ring (bicyclic) bond motifs is 1. The summed E-state index contributed by atoms with van der Waals surface area (Å²) in [4.78, 5) is 18.2. The quantitative estimate of drug-likeness (QED) is 0.932. The van der Waals surface area contributed by atoms with E-state index in [4.69, 9.17) is 16.0 Å². The lowest BCUT2D eigenvalue weighted by Crippen LogP contribution is -2.40. The van der Waals surface area contributed by atoms with Crippen LogP contribution < -0.4 is 5.32 Å². The number of benzene rings is 1. The number of hydrogen-bond donors (Lipinski definition) is 1. The largest absolute Gasteiger partial charge is 0.439 e. The summed E-state index contributed by atoms with van der Waals surface area (Å²) in [5.74, 6) is 1.67. The molecule has 1 N–H and O–H groups in total. The predicted molar refractivity (Wildman–Crippen MR) is 90.2 cm³/mol. The van der Waals surface area contributed by atoms with Crippen LogP contribution in [0.15, 0.2) is 22.6 Å². The first-order valence-corrected chi connectivity index (χ1v) is 8.34. The number of hydrogen-bond acceptors (Lipinski definition) is 4. The van der Waals surface area contributed by atoms with Crippen LogP contribution in [0.4, 0.5) is 0 Å². The van der Waals surface area contributed by atoms with E-state index >= 15 is 0 Å². The summed E-state index contributed by atoms with van der Waals surface area (Å²) < 4.78 is 5.80. The Hall–Kier alpha value is -1.59. The van der Waals surface area contributed by atoms with Crippen LogP contribution in [0.1, 0.15) is 26.7 Å². The van der Waals surface area contributed by atoms with Crippen LogP contribution in [0.5, 0.6) is 0 Å². The van der Waals surface area contributed by atoms with E-state index in [1.54, 1.807) is 13.0 Å². The smallest absolute Gasteiger partial charge is 0.217 e. The van der Waals surface area contributed by atoms with Gasteiger partial charge in [-0.25, -0.2) is 4.98 Å². The van der Waals surface area contributed by atoms with E-state index in [2.05, 4.69) is 29.0 Å². The van der Waals surface area contributed by atoms with Gasteiger partial charge >= 0.3 is 0 Å². The van der Waals surface area contributed by atoms with Crippen LogP contribution in [0.3, 0.4) is 0 Å². The highest BCUT2D eigenvalue weighted by atomic mass is 35.5. The second-order valence-electron chi connectivity index (χ2n) is 6.63. The van der Waals surface area contributed by atoms with Gasteiger partial charge in [-0.2, -0.15) is 0 Å². The van der Waals surface area contributed by atoms with Gasteiger partial charge in [-0.3, -0.25) is 9.69 Å². The maximum atomic E-state index is 11.4. The Labute approximate surface area is 141 Å². The molecule has 23 heavy (non-hydrogen) atoms. The first-order chi connectivity index (χ1) is 10.9. The van der Waals surface area contributed by atoms with Gasteiger partial charge in [-0.15, -0.1) is 0 Å². The van der Waals surface area contributed by atoms with Crippen LogP contribution >= 0.6 is 11.6 Å². The maximum Gasteiger partial charge on any atom is 0.217 e. The van der Waals surface area contributed by atoms with E-state index in [1.165, 1.54) is 0 Å². The molecule has 1 amide bonds. The van der Waals surface area contributed by atoms with Gasteiger partial charge in [0.1, 0.15) is 5.52 Å². The van der Waals surface area contributed by atoms with E-state index in [9.17, 15) is 4.79 Å². The molecule has 3 rings (SSSR count). The summed E-state index contributed by atoms with van der Waals surface area (Å²) in [7, 11) is 0. The number of nitrogens with one attached hydrogen (secondary N) is 1. The zero-order valence-electron chi connectivity index (χ0n) is 13.7. The molecule has 1 fully saturated rings. The molecule has 0 radical (unpaired) electrons. The fourth-order valence-electron chi connectivity index (χ4n) is 3.34. The van der Waals surface area contributed by atoms with Crippen LogP contribution in [0.2, 0.25) is 5.02 Å². The number of aromatic nitrogens is 1. The Morgan fingerprint density at radius 1 is 1.48 bits per heavy atom. The molecule has 0 spiro atoms. The molecule has 0 bridgehead atoms. The standard InChI is InChI=1S/C17H22ClN3O2/c1-10(2)13-7-21(8-15(13)19-11(3)22)9-17-20-14-6-12(18)4-5-16(14)23-17/h4-6,10,13,15H,7-9H2,1-3H3,(H,19,22)/t13-,15+/m0/s1. The molecule has 2 heterocycles. The number of carbonyl (C=O) groups is 1. The second kappa shape index (κ2) is 6.49. The van der Waals surface area contributed by atoms with E-state index in [-0.39, 0.29) is 11.9 Å². The minimum Gasteiger partial charge on any atom is -0.439 e. The summed E-state index contributed by atoms with van der Waals surface area (Å²) in [6.07, 6.45) is 0. The highest BCUT2D eigenvalue weighted by Crippen LogP contribution is 2.27. The lowest BCUT2D eigenvalue weighted by molar-refractivity contribution is -0.119. The zero-order valence-corrected chi connectivity index (χ0v) is 14.4. The highest BCUT2D eigenvalue weighted by Gasteiger charge is 2.35. The van der Waals surface area contributed by atoms with Gasteiger partial charge in [0.05, 0.1) is 6.54 Å². The molecule has 1 aliphatic heterocycles. The summed E-state index contributed by atoms with van der Waals surface area (Å²) >= 11 is 5.99. The minimum atomic E-state index is 0.0269. The van der Waals surface area contributed by atoms with Gasteiger partial charge in [0.2, 0.25) is 11.8 Å². The third kappa shape index (κ3) is 3.67. The first kappa shape index (κ1) is 16.3. The summed E-state index contributed by atoms with van der Waals surface area (Å²) in [5.41, 5.74) is 1.54. The third-order valence-electron chi connectivity index (χ3n) is 4.44. The van der Waals surface area contributed by atoms with Crippen LogP contribution in [-0.2, 0) is 11.3 Å². The summed E-state index contributed by atoms with van der Waals surface area (Å²) in [6.45, 7) is 8.37. The van der Waals surface area contributed by atoms with Crippen LogP contribution in [-0.4, -0.2) is 34.9 Å². The molecule has 0 saturated carbocycles. The molecule has 1 aromatic heterocycles. The van der Waals surface area contributed by atoms with Crippen molar-refractivity contribution in [3.63, 3.8) is 0 Å². The molecule has 5 nitrogen and oxygen atoms in total. The van der Waals surface area contributed by atoms with Gasteiger partial charge < -0.3 is 9.73 Å². The fraction of sp³-hybridized carbons (Fsp3) is 0.529. The van der Waals surface area contributed by atoms with Crippen molar-refractivity contribution in [3.8, 4) is 0 Å². The molecule has 124 valence electrons. The van der Waals surface area contributed by atoms with Crippen molar-refractivity contribution in [1.82, 2.24) is 15.2 Å². The molecule has 2 aromatic rings. The highest BCUT2D eigenvalue weighted by molar-refractivity contribution is 6.31. The lowest BCUT2D eigenvalue weighted by Gasteiger charge is -2.22. The van der Waals surface area contributed by atoms with Gasteiger partial charge in [-0.05, 0) is 30.0 Å². The second-order valence-corrected chi connectivity index (χ2v) is 7.07. The first-order valence-electron chi connectivity index (χ1n) is 7.97. The topological polar surface area (TPSA) is 58.4 Å². The molecular weight excluding hydrogens is 314 g/mol. The Kier molecular flexibility index (Phi) is 4.60. The van der Waals surface area contributed by atoms with Crippen molar-refractivity contribution in [2.24, 2.45) is 11.8 Å². The van der Waals surface area contributed by atoms with Crippen molar-refractivity contribution < 1.29 is 9.21 Å². The number of rotatable bonds is 4. The maximum absolute atomic E-state index is 11.4. The number of nitrogens with zero attached hydrogens (tertiary/aromatic N) is 2. The molecule has 2 atom stereocenters. The van der Waals surface area contributed by atoms with Gasteiger partial charge in [0, 0.05) is 31.1 Å². The molecular formula is C17H22ClN3O2. The van der Waals surface area contributed by atoms with E-state index < -0.39 is 0 Å². The van der Waals surface area contributed by atoms with Crippen molar-refractivity contribution in [3.05, 3.63) is 29.1 Å². The van der Waals surface area contributed by atoms with Crippen LogP contribution in [0.25, 0.3) is 11.1 Å². The molecule has 1 aliphatic rings. The average Bonchev–Trinajstić information content (AvgIpc) is 3.01. The SMILES string of the molecule is CC(=O)N[C@@H]1CN(Cc2nc3cc(Cl)ccc3o2)C[C@H]1C(C)C. The Bertz CT molecular complexity index is 713. The summed E-state index contributed by atoms with van der Waals surface area (Å²) in [5, 5.41) is 3.73. The predicted octanol–water partition coefficient (Wildman–Crippen LogP) is 3.07. The fourth-order valence-corrected chi connectivity index (χ4v) is 3.51. The van der Waals surface area contributed by atoms with Crippen molar-refractivity contribution in [2.45, 2.75) is 33.4 Å². The Morgan fingerprint density at radius 3 is 2.96 bits per heavy atom. The lowest BCUT2D eigenvalue weighted by atomic mass is 9.91. The van der Waals surface area contributed by atoms with Crippen molar-refractivity contribution in [2.75, 3.05) is 13.1 Å². The Morgan fingerprint density at radius 2 is 2.26 bits per heavy atom. The van der Waals surface area contributed by atoms with E-state index in [1.807, 2.05) is 12.1 Å². The third-order valence-corrected chi connectivity index (χ3v) is 4.67. The molecule has 0 unspecified atom stereocenters. The van der Waals surface area contributed by atoms with Crippen LogP contribution in [0, 0.1) is 11.8 Å². The molecule has 6 heteroatoms. The number of likely N-dealkylation sites (tertiary alicyclic amines) is 1. The number of halogens is 1. The van der Waals surface area contributed by atoms with Gasteiger partial charge in [0.15, 0.2) is 5.58 Å². The van der Waals surface area contributed by atoms with E-state index in [0.717, 1.165) is 24.2 Å². The number of carbonyl (C=O) groups excluding carboxylic acids is 1. The van der Waals surface area contributed by atoms with E-state index in [0.29, 0.717) is 29.3 Å². The monoisotopic (exact) mass is 335 g/mol. The van der Waals surface area contributed by atoms with Crippen molar-refractivity contribution >= 4 is 28.6 Å². The van der Waals surface area contributed by atoms with Crippen molar-refractivity contribution in [1.29, 1.82) is 0 Å². The van der Waals surface area contributed by atoms with Gasteiger partial charge in [0.25, 0.3) is 0 Å². The van der Waals surface area contributed by atoms with Gasteiger partial charge in [-0.1, -0.05) is 25.4 Å². The normalized spacial score (nSPS) is 22.1. The number of amides is 1.